The van der Waals surface area contributed by atoms with Crippen molar-refractivity contribution in [3.05, 3.63) is 35.0 Å². The van der Waals surface area contributed by atoms with Crippen LogP contribution in [0.3, 0.4) is 0 Å². The number of benzene rings is 1. The fraction of sp³-hybridized carbons (Fsp3) is 0.500. The smallest absolute Gasteiger partial charge is 0.398 e. The highest BCUT2D eigenvalue weighted by atomic mass is 35.5. The lowest BCUT2D eigenvalue weighted by molar-refractivity contribution is -0.136. The second-order valence-corrected chi connectivity index (χ2v) is 7.65. The molecule has 1 atom stereocenters. The van der Waals surface area contributed by atoms with Crippen LogP contribution >= 0.6 is 24.8 Å². The summed E-state index contributed by atoms with van der Waals surface area (Å²) in [6, 6.07) is 4.18. The zero-order chi connectivity index (χ0) is 20.6. The number of nitrogens with one attached hydrogen (secondary N) is 2. The molecule has 1 aromatic heterocycles. The molecule has 1 fully saturated rings. The molecule has 4 N–H and O–H groups in total. The summed E-state index contributed by atoms with van der Waals surface area (Å²) in [5.41, 5.74) is 6.77. The molecule has 1 aliphatic heterocycles. The third kappa shape index (κ3) is 5.45. The number of aromatic nitrogens is 2. The van der Waals surface area contributed by atoms with E-state index in [1.54, 1.807) is 0 Å². The number of nitrogens with two attached hydrogens (primary N) is 1. The van der Waals surface area contributed by atoms with Crippen molar-refractivity contribution in [2.45, 2.75) is 44.3 Å². The number of likely N-dealkylation sites (N-methyl/N-ethyl adjacent to an activating group) is 1. The van der Waals surface area contributed by atoms with E-state index in [4.69, 9.17) is 10.7 Å². The number of nitrogens with zero attached hydrogens (tertiary/aromatic N) is 3. The average molecular weight is 479 g/mol. The molecule has 1 aliphatic carbocycles. The van der Waals surface area contributed by atoms with E-state index in [1.807, 2.05) is 7.05 Å². The van der Waals surface area contributed by atoms with Crippen molar-refractivity contribution in [1.82, 2.24) is 15.3 Å². The number of halogens is 5. The fourth-order valence-corrected chi connectivity index (χ4v) is 4.09. The molecule has 0 bridgehead atoms. The van der Waals surface area contributed by atoms with Gasteiger partial charge in [-0.05, 0) is 57.4 Å². The van der Waals surface area contributed by atoms with Crippen molar-refractivity contribution in [3.8, 4) is 0 Å². The first-order chi connectivity index (χ1) is 13.8. The number of alkyl halides is 3. The van der Waals surface area contributed by atoms with Crippen LogP contribution < -0.4 is 21.3 Å². The number of nitrogen functional groups attached to an aromatic ring is 1. The second-order valence-electron chi connectivity index (χ2n) is 7.65. The minimum atomic E-state index is -4.51. The number of hydrogen-bond acceptors (Lipinski definition) is 6. The molecule has 172 valence electrons. The highest BCUT2D eigenvalue weighted by Gasteiger charge is 2.33. The first-order valence-electron chi connectivity index (χ1n) is 9.91. The molecule has 2 aromatic rings. The number of anilines is 4. The van der Waals surface area contributed by atoms with E-state index >= 15 is 0 Å². The molecule has 0 radical (unpaired) electrons. The maximum atomic E-state index is 13.2. The van der Waals surface area contributed by atoms with Crippen LogP contribution in [-0.2, 0) is 19.0 Å². The summed E-state index contributed by atoms with van der Waals surface area (Å²) >= 11 is 0. The van der Waals surface area contributed by atoms with Crippen molar-refractivity contribution < 1.29 is 13.2 Å². The van der Waals surface area contributed by atoms with Gasteiger partial charge in [0.1, 0.15) is 5.82 Å². The first-order valence-corrected chi connectivity index (χ1v) is 9.91. The molecule has 0 spiro atoms. The van der Waals surface area contributed by atoms with Crippen molar-refractivity contribution in [1.29, 1.82) is 0 Å². The Morgan fingerprint density at radius 2 is 1.87 bits per heavy atom. The molecule has 11 heteroatoms. The van der Waals surface area contributed by atoms with Gasteiger partial charge >= 0.3 is 6.18 Å². The van der Waals surface area contributed by atoms with Crippen LogP contribution in [0.2, 0.25) is 0 Å². The van der Waals surface area contributed by atoms with E-state index < -0.39 is 11.7 Å². The monoisotopic (exact) mass is 478 g/mol. The highest BCUT2D eigenvalue weighted by Crippen LogP contribution is 2.36. The normalized spacial score (nSPS) is 18.1. The minimum Gasteiger partial charge on any atom is -0.398 e. The third-order valence-electron chi connectivity index (χ3n) is 5.67. The summed E-state index contributed by atoms with van der Waals surface area (Å²) < 4.78 is 39.5. The molecule has 2 aliphatic rings. The Bertz CT molecular complexity index is 909. The quantitative estimate of drug-likeness (QED) is 0.567. The summed E-state index contributed by atoms with van der Waals surface area (Å²) in [5, 5.41) is 6.27. The molecule has 1 saturated heterocycles. The standard InChI is InChI=1S/C20H25F3N6.2ClH/c1-25-13-8-9-29(11-13)18-14-4-2-3-5-17(14)27-19(28-18)26-12-6-7-16(24)15(10-12)20(21,22)23;;/h6-7,10,13,25H,2-5,8-9,11,24H2,1H3,(H,26,27,28);2*1H. The molecule has 1 aromatic carbocycles. The van der Waals surface area contributed by atoms with Gasteiger partial charge in [0.05, 0.1) is 11.3 Å². The summed E-state index contributed by atoms with van der Waals surface area (Å²) in [7, 11) is 1.95. The van der Waals surface area contributed by atoms with E-state index in [-0.39, 0.29) is 36.2 Å². The van der Waals surface area contributed by atoms with E-state index in [0.29, 0.717) is 12.0 Å². The Morgan fingerprint density at radius 3 is 2.55 bits per heavy atom. The average Bonchev–Trinajstić information content (AvgIpc) is 3.17. The summed E-state index contributed by atoms with van der Waals surface area (Å²) in [5.74, 6) is 1.23. The zero-order valence-corrected chi connectivity index (χ0v) is 18.8. The van der Waals surface area contributed by atoms with Gasteiger partial charge < -0.3 is 21.3 Å². The predicted octanol–water partition coefficient (Wildman–Crippen LogP) is 4.34. The second kappa shape index (κ2) is 10.1. The first kappa shape index (κ1) is 25.3. The third-order valence-corrected chi connectivity index (χ3v) is 5.67. The van der Waals surface area contributed by atoms with Crippen LogP contribution in [0.4, 0.5) is 36.3 Å². The molecular formula is C20H27Cl2F3N6. The fourth-order valence-electron chi connectivity index (χ4n) is 4.09. The van der Waals surface area contributed by atoms with Gasteiger partial charge in [-0.3, -0.25) is 0 Å². The van der Waals surface area contributed by atoms with Gasteiger partial charge in [-0.1, -0.05) is 0 Å². The maximum Gasteiger partial charge on any atom is 0.418 e. The number of fused-ring (bicyclic) bond motifs is 1. The molecule has 31 heavy (non-hydrogen) atoms. The Kier molecular flexibility index (Phi) is 8.24. The molecule has 1 unspecified atom stereocenters. The number of aryl methyl sites for hydroxylation is 1. The maximum absolute atomic E-state index is 13.2. The largest absolute Gasteiger partial charge is 0.418 e. The van der Waals surface area contributed by atoms with E-state index in [0.717, 1.165) is 62.8 Å². The Morgan fingerprint density at radius 1 is 1.13 bits per heavy atom. The molecular weight excluding hydrogens is 452 g/mol. The molecule has 6 nitrogen and oxygen atoms in total. The topological polar surface area (TPSA) is 79.1 Å². The molecule has 4 rings (SSSR count). The van der Waals surface area contributed by atoms with Gasteiger partial charge in [-0.15, -0.1) is 24.8 Å². The van der Waals surface area contributed by atoms with E-state index in [9.17, 15) is 13.2 Å². The zero-order valence-electron chi connectivity index (χ0n) is 17.1. The number of rotatable bonds is 4. The Labute approximate surface area is 192 Å². The molecule has 0 amide bonds. The van der Waals surface area contributed by atoms with Crippen molar-refractivity contribution in [2.75, 3.05) is 36.1 Å². The van der Waals surface area contributed by atoms with Gasteiger partial charge in [-0.25, -0.2) is 4.98 Å². The van der Waals surface area contributed by atoms with Crippen LogP contribution in [0, 0.1) is 0 Å². The minimum absolute atomic E-state index is 0. The number of hydrogen-bond donors (Lipinski definition) is 3. The van der Waals surface area contributed by atoms with Crippen LogP contribution in [-0.4, -0.2) is 36.1 Å². The van der Waals surface area contributed by atoms with Crippen LogP contribution in [0.5, 0.6) is 0 Å². The van der Waals surface area contributed by atoms with Crippen molar-refractivity contribution in [3.63, 3.8) is 0 Å². The van der Waals surface area contributed by atoms with Crippen LogP contribution in [0.15, 0.2) is 18.2 Å². The van der Waals surface area contributed by atoms with Gasteiger partial charge in [0.25, 0.3) is 0 Å². The Balaban J connectivity index is 0.00000171. The van der Waals surface area contributed by atoms with E-state index in [1.165, 1.54) is 17.7 Å². The lowest BCUT2D eigenvalue weighted by Gasteiger charge is -2.25. The molecule has 0 saturated carbocycles. The van der Waals surface area contributed by atoms with Crippen molar-refractivity contribution >= 4 is 48.0 Å². The summed E-state index contributed by atoms with van der Waals surface area (Å²) in [6.07, 6.45) is 0.477. The van der Waals surface area contributed by atoms with Crippen LogP contribution in [0.25, 0.3) is 0 Å². The van der Waals surface area contributed by atoms with Crippen molar-refractivity contribution in [2.24, 2.45) is 0 Å². The Hall–Kier alpha value is -1.97. The van der Waals surface area contributed by atoms with Crippen LogP contribution in [0.1, 0.15) is 36.1 Å². The highest BCUT2D eigenvalue weighted by molar-refractivity contribution is 5.85. The van der Waals surface area contributed by atoms with E-state index in [2.05, 4.69) is 20.5 Å². The van der Waals surface area contributed by atoms with Gasteiger partial charge in [0, 0.05) is 36.1 Å². The van der Waals surface area contributed by atoms with Gasteiger partial charge in [-0.2, -0.15) is 18.2 Å². The lowest BCUT2D eigenvalue weighted by atomic mass is 9.96. The summed E-state index contributed by atoms with van der Waals surface area (Å²) in [4.78, 5) is 11.6. The van der Waals surface area contributed by atoms with Gasteiger partial charge in [0.2, 0.25) is 5.95 Å². The lowest BCUT2D eigenvalue weighted by Crippen LogP contribution is -2.31. The molecule has 2 heterocycles. The SMILES string of the molecule is CNC1CCN(c2nc(Nc3ccc(N)c(C(F)(F)F)c3)nc3c2CCCC3)C1.Cl.Cl. The summed E-state index contributed by atoms with van der Waals surface area (Å²) in [6.45, 7) is 1.76. The van der Waals surface area contributed by atoms with Gasteiger partial charge in [0.15, 0.2) is 0 Å². The predicted molar refractivity (Wildman–Crippen MR) is 122 cm³/mol.